The summed E-state index contributed by atoms with van der Waals surface area (Å²) in [5.74, 6) is 1.12. The molecule has 1 atom stereocenters. The van der Waals surface area contributed by atoms with Gasteiger partial charge in [-0.2, -0.15) is 0 Å². The summed E-state index contributed by atoms with van der Waals surface area (Å²) in [6.07, 6.45) is 2.43. The van der Waals surface area contributed by atoms with E-state index >= 15 is 0 Å². The highest BCUT2D eigenvalue weighted by Crippen LogP contribution is 2.32. The van der Waals surface area contributed by atoms with Crippen LogP contribution in [0.25, 0.3) is 11.0 Å². The molecule has 1 fully saturated rings. The first-order valence-electron chi connectivity index (χ1n) is 7.63. The number of hydrogen-bond acceptors (Lipinski definition) is 2. The molecule has 2 heterocycles. The van der Waals surface area contributed by atoms with Crippen LogP contribution >= 0.6 is 0 Å². The number of likely N-dealkylation sites (tertiary alicyclic amines) is 1. The van der Waals surface area contributed by atoms with Gasteiger partial charge in [0.1, 0.15) is 5.82 Å². The number of para-hydroxylation sites is 2. The van der Waals surface area contributed by atoms with Crippen LogP contribution in [0.2, 0.25) is 0 Å². The predicted molar refractivity (Wildman–Crippen MR) is 84.9 cm³/mol. The Kier molecular flexibility index (Phi) is 3.20. The minimum atomic E-state index is 0.414. The first-order chi connectivity index (χ1) is 10.4. The average molecular weight is 277 g/mol. The summed E-state index contributed by atoms with van der Waals surface area (Å²) in [4.78, 5) is 10.8. The lowest BCUT2D eigenvalue weighted by Crippen LogP contribution is -2.23. The molecule has 0 amide bonds. The third-order valence-corrected chi connectivity index (χ3v) is 4.32. The normalized spacial score (nSPS) is 19.3. The van der Waals surface area contributed by atoms with Crippen LogP contribution in [0.1, 0.15) is 30.3 Å². The van der Waals surface area contributed by atoms with Crippen LogP contribution in [0.5, 0.6) is 0 Å². The second kappa shape index (κ2) is 5.34. The molecule has 0 saturated carbocycles. The molecule has 0 radical (unpaired) electrons. The zero-order valence-electron chi connectivity index (χ0n) is 12.0. The number of hydrogen-bond donors (Lipinski definition) is 1. The fourth-order valence-corrected chi connectivity index (χ4v) is 3.27. The van der Waals surface area contributed by atoms with Gasteiger partial charge in [-0.3, -0.25) is 4.90 Å². The van der Waals surface area contributed by atoms with E-state index in [1.54, 1.807) is 0 Å². The van der Waals surface area contributed by atoms with Crippen LogP contribution in [-0.2, 0) is 6.54 Å². The smallest absolute Gasteiger partial charge is 0.124 e. The summed E-state index contributed by atoms with van der Waals surface area (Å²) < 4.78 is 0. The summed E-state index contributed by atoms with van der Waals surface area (Å²) in [6, 6.07) is 19.4. The number of benzene rings is 2. The summed E-state index contributed by atoms with van der Waals surface area (Å²) in [5.41, 5.74) is 3.58. The van der Waals surface area contributed by atoms with Gasteiger partial charge in [0.2, 0.25) is 0 Å². The number of nitrogens with one attached hydrogen (secondary N) is 1. The van der Waals surface area contributed by atoms with Crippen molar-refractivity contribution in [2.75, 3.05) is 6.54 Å². The number of H-pyrrole nitrogens is 1. The van der Waals surface area contributed by atoms with Gasteiger partial charge in [0.05, 0.1) is 17.1 Å². The molecule has 4 rings (SSSR count). The lowest BCUT2D eigenvalue weighted by Gasteiger charge is -2.22. The Morgan fingerprint density at radius 2 is 1.86 bits per heavy atom. The largest absolute Gasteiger partial charge is 0.341 e. The first kappa shape index (κ1) is 12.6. The Labute approximate surface area is 124 Å². The molecule has 1 N–H and O–H groups in total. The van der Waals surface area contributed by atoms with Gasteiger partial charge < -0.3 is 4.98 Å². The van der Waals surface area contributed by atoms with E-state index in [-0.39, 0.29) is 0 Å². The van der Waals surface area contributed by atoms with E-state index in [1.165, 1.54) is 18.4 Å². The minimum absolute atomic E-state index is 0.414. The quantitative estimate of drug-likeness (QED) is 0.787. The number of aromatic amines is 1. The molecule has 0 spiro atoms. The van der Waals surface area contributed by atoms with Gasteiger partial charge in [-0.05, 0) is 37.1 Å². The van der Waals surface area contributed by atoms with Gasteiger partial charge in [0.15, 0.2) is 0 Å². The summed E-state index contributed by atoms with van der Waals surface area (Å²) in [6.45, 7) is 2.15. The zero-order valence-corrected chi connectivity index (χ0v) is 12.0. The maximum atomic E-state index is 4.79. The molecular formula is C18H19N3. The van der Waals surface area contributed by atoms with Crippen LogP contribution in [-0.4, -0.2) is 21.4 Å². The average Bonchev–Trinajstić information content (AvgIpc) is 3.14. The van der Waals surface area contributed by atoms with E-state index in [4.69, 9.17) is 4.98 Å². The molecule has 2 aromatic carbocycles. The summed E-state index contributed by atoms with van der Waals surface area (Å²) in [5, 5.41) is 0. The highest BCUT2D eigenvalue weighted by molar-refractivity contribution is 5.74. The summed E-state index contributed by atoms with van der Waals surface area (Å²) >= 11 is 0. The van der Waals surface area contributed by atoms with Crippen LogP contribution < -0.4 is 0 Å². The standard InChI is InChI=1S/C18H19N3/c1-2-7-14(8-3-1)13-21-12-6-11-17(21)18-19-15-9-4-5-10-16(15)20-18/h1-5,7-10,17H,6,11-13H2,(H,19,20)/t17-/m0/s1. The molecule has 0 bridgehead atoms. The molecule has 1 aliphatic rings. The highest BCUT2D eigenvalue weighted by Gasteiger charge is 2.28. The molecule has 106 valence electrons. The maximum Gasteiger partial charge on any atom is 0.124 e. The SMILES string of the molecule is c1ccc(CN2CCC[C@H]2c2nc3ccccc3[nH]2)cc1. The van der Waals surface area contributed by atoms with Crippen molar-refractivity contribution in [2.24, 2.45) is 0 Å². The van der Waals surface area contributed by atoms with Crippen molar-refractivity contribution in [2.45, 2.75) is 25.4 Å². The van der Waals surface area contributed by atoms with E-state index in [9.17, 15) is 0 Å². The van der Waals surface area contributed by atoms with E-state index in [2.05, 4.69) is 58.4 Å². The van der Waals surface area contributed by atoms with Crippen LogP contribution in [0, 0.1) is 0 Å². The molecule has 1 aliphatic heterocycles. The molecule has 3 nitrogen and oxygen atoms in total. The fraction of sp³-hybridized carbons (Fsp3) is 0.278. The number of rotatable bonds is 3. The molecule has 3 heteroatoms. The monoisotopic (exact) mass is 277 g/mol. The van der Waals surface area contributed by atoms with Gasteiger partial charge in [0.25, 0.3) is 0 Å². The van der Waals surface area contributed by atoms with Crippen molar-refractivity contribution in [3.8, 4) is 0 Å². The van der Waals surface area contributed by atoms with E-state index in [1.807, 2.05) is 6.07 Å². The van der Waals surface area contributed by atoms with Crippen molar-refractivity contribution >= 4 is 11.0 Å². The first-order valence-corrected chi connectivity index (χ1v) is 7.63. The lowest BCUT2D eigenvalue weighted by atomic mass is 10.2. The van der Waals surface area contributed by atoms with Crippen molar-refractivity contribution in [3.05, 3.63) is 66.0 Å². The topological polar surface area (TPSA) is 31.9 Å². The second-order valence-electron chi connectivity index (χ2n) is 5.75. The van der Waals surface area contributed by atoms with Gasteiger partial charge in [-0.15, -0.1) is 0 Å². The summed E-state index contributed by atoms with van der Waals surface area (Å²) in [7, 11) is 0. The van der Waals surface area contributed by atoms with Crippen LogP contribution in [0.3, 0.4) is 0 Å². The van der Waals surface area contributed by atoms with E-state index in [0.29, 0.717) is 6.04 Å². The third kappa shape index (κ3) is 2.45. The zero-order chi connectivity index (χ0) is 14.1. The van der Waals surface area contributed by atoms with Gasteiger partial charge in [0, 0.05) is 6.54 Å². The fourth-order valence-electron chi connectivity index (χ4n) is 3.27. The van der Waals surface area contributed by atoms with Crippen LogP contribution in [0.4, 0.5) is 0 Å². The Balaban J connectivity index is 1.61. The second-order valence-corrected chi connectivity index (χ2v) is 5.75. The Morgan fingerprint density at radius 1 is 1.05 bits per heavy atom. The van der Waals surface area contributed by atoms with Crippen molar-refractivity contribution in [1.29, 1.82) is 0 Å². The molecule has 1 saturated heterocycles. The molecule has 0 aliphatic carbocycles. The van der Waals surface area contributed by atoms with Gasteiger partial charge in [-0.25, -0.2) is 4.98 Å². The van der Waals surface area contributed by atoms with Crippen molar-refractivity contribution in [3.63, 3.8) is 0 Å². The van der Waals surface area contributed by atoms with E-state index in [0.717, 1.165) is 29.9 Å². The van der Waals surface area contributed by atoms with Crippen molar-refractivity contribution in [1.82, 2.24) is 14.9 Å². The lowest BCUT2D eigenvalue weighted by molar-refractivity contribution is 0.241. The predicted octanol–water partition coefficient (Wildman–Crippen LogP) is 3.90. The minimum Gasteiger partial charge on any atom is -0.341 e. The Morgan fingerprint density at radius 3 is 2.71 bits per heavy atom. The van der Waals surface area contributed by atoms with Crippen molar-refractivity contribution < 1.29 is 0 Å². The molecule has 3 aromatic rings. The highest BCUT2D eigenvalue weighted by atomic mass is 15.2. The molecular weight excluding hydrogens is 258 g/mol. The Hall–Kier alpha value is -2.13. The maximum absolute atomic E-state index is 4.79. The van der Waals surface area contributed by atoms with Gasteiger partial charge >= 0.3 is 0 Å². The number of nitrogens with zero attached hydrogens (tertiary/aromatic N) is 2. The molecule has 1 aromatic heterocycles. The number of aromatic nitrogens is 2. The molecule has 0 unspecified atom stereocenters. The number of fused-ring (bicyclic) bond motifs is 1. The van der Waals surface area contributed by atoms with Crippen LogP contribution in [0.15, 0.2) is 54.6 Å². The third-order valence-electron chi connectivity index (χ3n) is 4.32. The van der Waals surface area contributed by atoms with Gasteiger partial charge in [-0.1, -0.05) is 42.5 Å². The van der Waals surface area contributed by atoms with E-state index < -0.39 is 0 Å². The molecule has 21 heavy (non-hydrogen) atoms. The Bertz CT molecular complexity index is 699. The number of imidazole rings is 1.